The van der Waals surface area contributed by atoms with Crippen molar-refractivity contribution in [2.45, 2.75) is 20.4 Å². The summed E-state index contributed by atoms with van der Waals surface area (Å²) in [6.07, 6.45) is 0. The van der Waals surface area contributed by atoms with Crippen molar-refractivity contribution in [3.63, 3.8) is 0 Å². The quantitative estimate of drug-likeness (QED) is 0.411. The number of carbonyl (C=O) groups excluding carboxylic acids is 2. The van der Waals surface area contributed by atoms with Crippen LogP contribution in [0.25, 0.3) is 0 Å². The number of hydrogen-bond donors (Lipinski definition) is 0. The van der Waals surface area contributed by atoms with Gasteiger partial charge in [0.05, 0.1) is 23.5 Å². The lowest BCUT2D eigenvalue weighted by molar-refractivity contribution is -0.385. The molecule has 1 amide bonds. The highest BCUT2D eigenvalue weighted by Gasteiger charge is 2.26. The maximum atomic E-state index is 14.1. The van der Waals surface area contributed by atoms with Gasteiger partial charge in [0.25, 0.3) is 11.6 Å². The van der Waals surface area contributed by atoms with Crippen LogP contribution in [0.1, 0.15) is 28.4 Å². The average molecular weight is 388 g/mol. The van der Waals surface area contributed by atoms with Gasteiger partial charge in [-0.25, -0.2) is 4.39 Å². The second kappa shape index (κ2) is 9.07. The van der Waals surface area contributed by atoms with Crippen LogP contribution in [0.4, 0.5) is 10.1 Å². The molecule has 0 saturated heterocycles. The molecule has 7 nitrogen and oxygen atoms in total. The van der Waals surface area contributed by atoms with Gasteiger partial charge in [0.15, 0.2) is 0 Å². The van der Waals surface area contributed by atoms with E-state index in [0.717, 1.165) is 17.7 Å². The topological polar surface area (TPSA) is 89.8 Å². The minimum atomic E-state index is -0.835. The molecule has 0 fully saturated rings. The molecule has 0 aromatic heterocycles. The highest BCUT2D eigenvalue weighted by molar-refractivity contribution is 5.95. The Kier molecular flexibility index (Phi) is 6.81. The lowest BCUT2D eigenvalue weighted by Gasteiger charge is -2.25. The Morgan fingerprint density at radius 2 is 1.89 bits per heavy atom. The molecule has 1 atom stereocenters. The molecular weight excluding hydrogens is 367 g/mol. The summed E-state index contributed by atoms with van der Waals surface area (Å²) in [6, 6.07) is 11.1. The van der Waals surface area contributed by atoms with Gasteiger partial charge in [0, 0.05) is 24.7 Å². The minimum Gasteiger partial charge on any atom is -0.469 e. The van der Waals surface area contributed by atoms with E-state index in [1.165, 1.54) is 18.9 Å². The third-order valence-electron chi connectivity index (χ3n) is 4.36. The highest BCUT2D eigenvalue weighted by Crippen LogP contribution is 2.24. The normalized spacial score (nSPS) is 11.6. The average Bonchev–Trinajstić information content (AvgIpc) is 2.68. The Morgan fingerprint density at radius 1 is 1.25 bits per heavy atom. The van der Waals surface area contributed by atoms with Crippen molar-refractivity contribution in [3.8, 4) is 0 Å². The molecule has 0 saturated carbocycles. The van der Waals surface area contributed by atoms with E-state index >= 15 is 0 Å². The molecule has 0 aliphatic heterocycles. The van der Waals surface area contributed by atoms with Crippen molar-refractivity contribution in [2.75, 3.05) is 13.7 Å². The lowest BCUT2D eigenvalue weighted by atomic mass is 10.1. The van der Waals surface area contributed by atoms with Crippen molar-refractivity contribution < 1.29 is 23.6 Å². The predicted molar refractivity (Wildman–Crippen MR) is 100 cm³/mol. The van der Waals surface area contributed by atoms with E-state index in [-0.39, 0.29) is 24.2 Å². The Hall–Kier alpha value is -3.29. The van der Waals surface area contributed by atoms with Gasteiger partial charge in [-0.05, 0) is 18.6 Å². The van der Waals surface area contributed by atoms with Gasteiger partial charge in [-0.15, -0.1) is 0 Å². The number of nitrogens with zero attached hydrogens (tertiary/aromatic N) is 2. The zero-order chi connectivity index (χ0) is 20.8. The molecule has 0 aliphatic carbocycles. The van der Waals surface area contributed by atoms with Gasteiger partial charge in [-0.1, -0.05) is 37.3 Å². The number of nitro benzene ring substituents is 1. The number of amides is 1. The van der Waals surface area contributed by atoms with E-state index in [4.69, 9.17) is 4.74 Å². The Morgan fingerprint density at radius 3 is 2.46 bits per heavy atom. The molecule has 28 heavy (non-hydrogen) atoms. The van der Waals surface area contributed by atoms with E-state index < -0.39 is 34.2 Å². The summed E-state index contributed by atoms with van der Waals surface area (Å²) >= 11 is 0. The fourth-order valence-corrected chi connectivity index (χ4v) is 2.79. The van der Waals surface area contributed by atoms with E-state index in [2.05, 4.69) is 0 Å². The molecule has 0 spiro atoms. The number of benzene rings is 2. The molecule has 0 heterocycles. The molecular formula is C20H21FN2O5. The molecule has 0 bridgehead atoms. The number of rotatable bonds is 7. The molecule has 1 unspecified atom stereocenters. The molecule has 0 radical (unpaired) electrons. The van der Waals surface area contributed by atoms with Crippen LogP contribution >= 0.6 is 0 Å². The summed E-state index contributed by atoms with van der Waals surface area (Å²) in [4.78, 5) is 36.6. The standard InChI is InChI=1S/C20H21FN2O5/c1-13(20(25)28-3)11-22(12-15-7-5-4-6-8-15)19(24)16-9-17(21)14(2)18(10-16)23(26)27/h4-10,13H,11-12H2,1-3H3. The van der Waals surface area contributed by atoms with Crippen LogP contribution < -0.4 is 0 Å². The van der Waals surface area contributed by atoms with Crippen molar-refractivity contribution in [1.82, 2.24) is 4.90 Å². The van der Waals surface area contributed by atoms with Crippen molar-refractivity contribution in [2.24, 2.45) is 5.92 Å². The van der Waals surface area contributed by atoms with Crippen molar-refractivity contribution in [1.29, 1.82) is 0 Å². The minimum absolute atomic E-state index is 0.0176. The second-order valence-electron chi connectivity index (χ2n) is 6.45. The Labute approximate surface area is 161 Å². The van der Waals surface area contributed by atoms with Gasteiger partial charge in [0.2, 0.25) is 0 Å². The summed E-state index contributed by atoms with van der Waals surface area (Å²) in [7, 11) is 1.25. The third-order valence-corrected chi connectivity index (χ3v) is 4.36. The second-order valence-corrected chi connectivity index (χ2v) is 6.45. The van der Waals surface area contributed by atoms with Gasteiger partial charge in [-0.3, -0.25) is 19.7 Å². The van der Waals surface area contributed by atoms with E-state index in [0.29, 0.717) is 0 Å². The van der Waals surface area contributed by atoms with E-state index in [1.54, 1.807) is 31.2 Å². The monoisotopic (exact) mass is 388 g/mol. The summed E-state index contributed by atoms with van der Waals surface area (Å²) in [5, 5.41) is 11.2. The molecule has 2 aromatic rings. The highest BCUT2D eigenvalue weighted by atomic mass is 19.1. The predicted octanol–water partition coefficient (Wildman–Crippen LogP) is 3.49. The van der Waals surface area contributed by atoms with E-state index in [9.17, 15) is 24.1 Å². The maximum Gasteiger partial charge on any atom is 0.310 e. The maximum absolute atomic E-state index is 14.1. The summed E-state index contributed by atoms with van der Waals surface area (Å²) < 4.78 is 18.9. The first-order valence-corrected chi connectivity index (χ1v) is 8.60. The first-order chi connectivity index (χ1) is 13.2. The number of ether oxygens (including phenoxy) is 1. The van der Waals surface area contributed by atoms with Crippen LogP contribution in [0.2, 0.25) is 0 Å². The van der Waals surface area contributed by atoms with Crippen LogP contribution in [-0.2, 0) is 16.1 Å². The molecule has 0 N–H and O–H groups in total. The number of halogens is 1. The van der Waals surface area contributed by atoms with Crippen LogP contribution in [0, 0.1) is 28.8 Å². The number of nitro groups is 1. The number of esters is 1. The first kappa shape index (κ1) is 21.0. The summed E-state index contributed by atoms with van der Waals surface area (Å²) in [5.74, 6) is -2.56. The fraction of sp³-hybridized carbons (Fsp3) is 0.300. The Balaban J connectivity index is 2.40. The Bertz CT molecular complexity index is 886. The van der Waals surface area contributed by atoms with Gasteiger partial charge >= 0.3 is 5.97 Å². The van der Waals surface area contributed by atoms with Crippen LogP contribution in [0.3, 0.4) is 0 Å². The first-order valence-electron chi connectivity index (χ1n) is 8.60. The molecule has 2 rings (SSSR count). The number of hydrogen-bond acceptors (Lipinski definition) is 5. The number of methoxy groups -OCH3 is 1. The van der Waals surface area contributed by atoms with Crippen molar-refractivity contribution in [3.05, 3.63) is 75.1 Å². The third kappa shape index (κ3) is 4.91. The summed E-state index contributed by atoms with van der Waals surface area (Å²) in [6.45, 7) is 3.06. The largest absolute Gasteiger partial charge is 0.469 e. The van der Waals surface area contributed by atoms with Gasteiger partial charge < -0.3 is 9.64 Å². The summed E-state index contributed by atoms with van der Waals surface area (Å²) in [5.41, 5.74) is 0.0425. The molecule has 2 aromatic carbocycles. The molecule has 8 heteroatoms. The van der Waals surface area contributed by atoms with Crippen LogP contribution in [0.5, 0.6) is 0 Å². The lowest BCUT2D eigenvalue weighted by Crippen LogP contribution is -2.37. The van der Waals surface area contributed by atoms with Crippen LogP contribution in [0.15, 0.2) is 42.5 Å². The van der Waals surface area contributed by atoms with Crippen molar-refractivity contribution >= 4 is 17.6 Å². The number of carbonyl (C=O) groups is 2. The molecule has 148 valence electrons. The molecule has 0 aliphatic rings. The van der Waals surface area contributed by atoms with Gasteiger partial charge in [-0.2, -0.15) is 0 Å². The van der Waals surface area contributed by atoms with Crippen LogP contribution in [-0.4, -0.2) is 35.4 Å². The zero-order valence-corrected chi connectivity index (χ0v) is 15.8. The zero-order valence-electron chi connectivity index (χ0n) is 15.8. The fourth-order valence-electron chi connectivity index (χ4n) is 2.79. The smallest absolute Gasteiger partial charge is 0.310 e. The van der Waals surface area contributed by atoms with E-state index in [1.807, 2.05) is 6.07 Å². The SMILES string of the molecule is COC(=O)C(C)CN(Cc1ccccc1)C(=O)c1cc(F)c(C)c([N+](=O)[O-])c1. The van der Waals surface area contributed by atoms with Gasteiger partial charge in [0.1, 0.15) is 5.82 Å².